The molecule has 0 heterocycles. The maximum atomic E-state index is 3.47. The molecule has 0 aliphatic heterocycles. The van der Waals surface area contributed by atoms with E-state index in [1.165, 1.54) is 6.42 Å². The highest BCUT2D eigenvalue weighted by Crippen LogP contribution is 2.32. The molecular weight excluding hydrogens is 158 g/mol. The molecule has 2 unspecified atom stereocenters. The first-order valence-corrected chi connectivity index (χ1v) is 5.64. The van der Waals surface area contributed by atoms with Gasteiger partial charge in [-0.25, -0.2) is 0 Å². The number of hydrogen-bond donors (Lipinski definition) is 1. The van der Waals surface area contributed by atoms with Crippen molar-refractivity contribution in [3.05, 3.63) is 0 Å². The minimum Gasteiger partial charge on any atom is -0.317 e. The van der Waals surface area contributed by atoms with Crippen LogP contribution >= 0.6 is 0 Å². The van der Waals surface area contributed by atoms with E-state index in [-0.39, 0.29) is 0 Å². The Morgan fingerprint density at radius 1 is 1.15 bits per heavy atom. The SMILES string of the molecule is CCNCC(C(C)CC)C(C)(C)C. The molecule has 1 nitrogen and oxygen atoms in total. The van der Waals surface area contributed by atoms with Crippen molar-refractivity contribution in [1.82, 2.24) is 5.32 Å². The van der Waals surface area contributed by atoms with Crippen LogP contribution in [-0.4, -0.2) is 13.1 Å². The molecule has 0 aliphatic carbocycles. The predicted molar refractivity (Wildman–Crippen MR) is 60.9 cm³/mol. The highest BCUT2D eigenvalue weighted by Gasteiger charge is 2.27. The molecule has 1 N–H and O–H groups in total. The summed E-state index contributed by atoms with van der Waals surface area (Å²) in [5.41, 5.74) is 0.428. The fourth-order valence-corrected chi connectivity index (χ4v) is 1.95. The van der Waals surface area contributed by atoms with Gasteiger partial charge in [-0.3, -0.25) is 0 Å². The van der Waals surface area contributed by atoms with Crippen LogP contribution in [0.4, 0.5) is 0 Å². The van der Waals surface area contributed by atoms with Crippen LogP contribution in [0, 0.1) is 17.3 Å². The monoisotopic (exact) mass is 185 g/mol. The zero-order valence-electron chi connectivity index (χ0n) is 10.3. The minimum absolute atomic E-state index is 0.428. The zero-order valence-corrected chi connectivity index (χ0v) is 10.3. The molecule has 80 valence electrons. The zero-order chi connectivity index (χ0) is 10.5. The van der Waals surface area contributed by atoms with Crippen LogP contribution in [-0.2, 0) is 0 Å². The van der Waals surface area contributed by atoms with Crippen molar-refractivity contribution in [3.8, 4) is 0 Å². The van der Waals surface area contributed by atoms with Crippen LogP contribution in [0.2, 0.25) is 0 Å². The lowest BCUT2D eigenvalue weighted by Gasteiger charge is -2.35. The lowest BCUT2D eigenvalue weighted by atomic mass is 9.73. The molecule has 0 aromatic carbocycles. The van der Waals surface area contributed by atoms with Gasteiger partial charge in [0.2, 0.25) is 0 Å². The van der Waals surface area contributed by atoms with Crippen molar-refractivity contribution >= 4 is 0 Å². The lowest BCUT2D eigenvalue weighted by molar-refractivity contribution is 0.161. The van der Waals surface area contributed by atoms with E-state index in [1.807, 2.05) is 0 Å². The summed E-state index contributed by atoms with van der Waals surface area (Å²) in [7, 11) is 0. The van der Waals surface area contributed by atoms with E-state index in [0.29, 0.717) is 5.41 Å². The molecule has 0 bridgehead atoms. The number of rotatable bonds is 5. The fraction of sp³-hybridized carbons (Fsp3) is 1.00. The van der Waals surface area contributed by atoms with E-state index in [1.54, 1.807) is 0 Å². The van der Waals surface area contributed by atoms with Crippen LogP contribution in [0.3, 0.4) is 0 Å². The molecule has 2 atom stereocenters. The third-order valence-corrected chi connectivity index (χ3v) is 3.06. The Balaban J connectivity index is 4.19. The summed E-state index contributed by atoms with van der Waals surface area (Å²) >= 11 is 0. The lowest BCUT2D eigenvalue weighted by Crippen LogP contribution is -2.36. The first-order valence-electron chi connectivity index (χ1n) is 5.64. The third-order valence-electron chi connectivity index (χ3n) is 3.06. The molecule has 0 radical (unpaired) electrons. The summed E-state index contributed by atoms with van der Waals surface area (Å²) in [6, 6.07) is 0. The Kier molecular flexibility index (Phi) is 5.62. The van der Waals surface area contributed by atoms with E-state index < -0.39 is 0 Å². The van der Waals surface area contributed by atoms with E-state index in [2.05, 4.69) is 46.9 Å². The van der Waals surface area contributed by atoms with Crippen molar-refractivity contribution in [2.45, 2.75) is 48.0 Å². The van der Waals surface area contributed by atoms with Gasteiger partial charge in [-0.05, 0) is 30.3 Å². The second-order valence-electron chi connectivity index (χ2n) is 5.17. The molecule has 0 fully saturated rings. The Bertz CT molecular complexity index is 124. The Hall–Kier alpha value is -0.0400. The van der Waals surface area contributed by atoms with Crippen LogP contribution in [0.1, 0.15) is 48.0 Å². The molecule has 0 aromatic rings. The summed E-state index contributed by atoms with van der Waals surface area (Å²) in [6.45, 7) is 16.1. The van der Waals surface area contributed by atoms with Gasteiger partial charge in [0.05, 0.1) is 0 Å². The molecule has 0 aliphatic rings. The Morgan fingerprint density at radius 3 is 2.00 bits per heavy atom. The van der Waals surface area contributed by atoms with Crippen LogP contribution in [0.25, 0.3) is 0 Å². The van der Waals surface area contributed by atoms with Gasteiger partial charge in [0.15, 0.2) is 0 Å². The quantitative estimate of drug-likeness (QED) is 0.693. The van der Waals surface area contributed by atoms with Gasteiger partial charge in [-0.1, -0.05) is 48.0 Å². The smallest absolute Gasteiger partial charge is 0.00131 e. The maximum Gasteiger partial charge on any atom is -0.00131 e. The van der Waals surface area contributed by atoms with Crippen LogP contribution in [0.5, 0.6) is 0 Å². The van der Waals surface area contributed by atoms with Gasteiger partial charge in [0, 0.05) is 0 Å². The molecule has 0 aromatic heterocycles. The van der Waals surface area contributed by atoms with Crippen LogP contribution < -0.4 is 5.32 Å². The molecular formula is C12H27N. The van der Waals surface area contributed by atoms with Crippen molar-refractivity contribution < 1.29 is 0 Å². The first kappa shape index (κ1) is 13.0. The molecule has 13 heavy (non-hydrogen) atoms. The average molecular weight is 185 g/mol. The third kappa shape index (κ3) is 4.66. The molecule has 1 heteroatoms. The number of nitrogens with one attached hydrogen (secondary N) is 1. The summed E-state index contributed by atoms with van der Waals surface area (Å²) in [6.07, 6.45) is 1.29. The molecule has 0 saturated carbocycles. The van der Waals surface area contributed by atoms with Crippen molar-refractivity contribution in [2.75, 3.05) is 13.1 Å². The highest BCUT2D eigenvalue weighted by molar-refractivity contribution is 4.79. The standard InChI is InChI=1S/C12H27N/c1-7-10(3)11(9-13-8-2)12(4,5)6/h10-11,13H,7-9H2,1-6H3. The molecule has 0 amide bonds. The first-order chi connectivity index (χ1) is 5.93. The summed E-state index contributed by atoms with van der Waals surface area (Å²) in [4.78, 5) is 0. The molecule has 0 saturated heterocycles. The Morgan fingerprint density at radius 2 is 1.69 bits per heavy atom. The van der Waals surface area contributed by atoms with E-state index in [9.17, 15) is 0 Å². The van der Waals surface area contributed by atoms with Gasteiger partial charge in [-0.2, -0.15) is 0 Å². The average Bonchev–Trinajstić information content (AvgIpc) is 2.02. The second-order valence-corrected chi connectivity index (χ2v) is 5.17. The fourth-order valence-electron chi connectivity index (χ4n) is 1.95. The normalized spacial score (nSPS) is 17.1. The predicted octanol–water partition coefficient (Wildman–Crippen LogP) is 3.30. The highest BCUT2D eigenvalue weighted by atomic mass is 14.9. The van der Waals surface area contributed by atoms with E-state index in [0.717, 1.165) is 24.9 Å². The Labute approximate surface area is 84.3 Å². The van der Waals surface area contributed by atoms with Gasteiger partial charge in [0.25, 0.3) is 0 Å². The summed E-state index contributed by atoms with van der Waals surface area (Å²) in [5.74, 6) is 1.61. The topological polar surface area (TPSA) is 12.0 Å². The van der Waals surface area contributed by atoms with Crippen molar-refractivity contribution in [2.24, 2.45) is 17.3 Å². The summed E-state index contributed by atoms with van der Waals surface area (Å²) in [5, 5.41) is 3.47. The van der Waals surface area contributed by atoms with Crippen molar-refractivity contribution in [1.29, 1.82) is 0 Å². The minimum atomic E-state index is 0.428. The largest absolute Gasteiger partial charge is 0.317 e. The second kappa shape index (κ2) is 5.64. The van der Waals surface area contributed by atoms with Crippen LogP contribution in [0.15, 0.2) is 0 Å². The van der Waals surface area contributed by atoms with E-state index >= 15 is 0 Å². The van der Waals surface area contributed by atoms with Gasteiger partial charge >= 0.3 is 0 Å². The van der Waals surface area contributed by atoms with E-state index in [4.69, 9.17) is 0 Å². The van der Waals surface area contributed by atoms with Crippen molar-refractivity contribution in [3.63, 3.8) is 0 Å². The van der Waals surface area contributed by atoms with Gasteiger partial charge in [0.1, 0.15) is 0 Å². The number of hydrogen-bond acceptors (Lipinski definition) is 1. The molecule has 0 spiro atoms. The summed E-state index contributed by atoms with van der Waals surface area (Å²) < 4.78 is 0. The maximum absolute atomic E-state index is 3.47. The van der Waals surface area contributed by atoms with Gasteiger partial charge in [-0.15, -0.1) is 0 Å². The van der Waals surface area contributed by atoms with Gasteiger partial charge < -0.3 is 5.32 Å². The molecule has 0 rings (SSSR count).